The van der Waals surface area contributed by atoms with Crippen LogP contribution in [-0.4, -0.2) is 4.83 Å². The van der Waals surface area contributed by atoms with Crippen molar-refractivity contribution in [2.45, 2.75) is 31.0 Å². The number of hydrogen-bond acceptors (Lipinski definition) is 0. The lowest BCUT2D eigenvalue weighted by Crippen LogP contribution is -2.05. The van der Waals surface area contributed by atoms with Gasteiger partial charge in [-0.3, -0.25) is 0 Å². The number of aryl methyl sites for hydroxylation is 2. The highest BCUT2D eigenvalue weighted by molar-refractivity contribution is 9.09. The van der Waals surface area contributed by atoms with Crippen molar-refractivity contribution in [3.8, 4) is 0 Å². The van der Waals surface area contributed by atoms with Crippen molar-refractivity contribution in [2.75, 3.05) is 0 Å². The average Bonchev–Trinajstić information content (AvgIpc) is 2.42. The van der Waals surface area contributed by atoms with Gasteiger partial charge in [-0.25, -0.2) is 8.78 Å². The van der Waals surface area contributed by atoms with Gasteiger partial charge >= 0.3 is 0 Å². The molecule has 3 heteroatoms. The Morgan fingerprint density at radius 1 is 1.05 bits per heavy atom. The quantitative estimate of drug-likeness (QED) is 0.656. The molecule has 0 heterocycles. The van der Waals surface area contributed by atoms with Crippen LogP contribution in [0.4, 0.5) is 8.78 Å². The molecule has 20 heavy (non-hydrogen) atoms. The summed E-state index contributed by atoms with van der Waals surface area (Å²) < 4.78 is 26.0. The molecule has 0 N–H and O–H groups in total. The topological polar surface area (TPSA) is 0 Å². The minimum atomic E-state index is -0.792. The molecule has 2 aromatic rings. The van der Waals surface area contributed by atoms with E-state index >= 15 is 0 Å². The summed E-state index contributed by atoms with van der Waals surface area (Å²) in [4.78, 5) is 0.256. The van der Waals surface area contributed by atoms with Gasteiger partial charge in [0, 0.05) is 4.83 Å². The van der Waals surface area contributed by atoms with Crippen LogP contribution in [0.25, 0.3) is 0 Å². The standard InChI is InChI=1S/C17H17BrF2/c1-12-4-2-3-5-14(12)7-8-15(18)10-13-6-9-16(19)17(20)11-13/h2-6,9,11,15H,7-8,10H2,1H3. The molecule has 0 aromatic heterocycles. The fourth-order valence-corrected chi connectivity index (χ4v) is 2.83. The molecule has 2 aromatic carbocycles. The highest BCUT2D eigenvalue weighted by Crippen LogP contribution is 2.19. The molecule has 0 saturated carbocycles. The van der Waals surface area contributed by atoms with Gasteiger partial charge in [0.2, 0.25) is 0 Å². The molecule has 0 spiro atoms. The van der Waals surface area contributed by atoms with Crippen molar-refractivity contribution in [1.29, 1.82) is 0 Å². The van der Waals surface area contributed by atoms with E-state index in [0.717, 1.165) is 18.4 Å². The number of rotatable bonds is 5. The monoisotopic (exact) mass is 338 g/mol. The van der Waals surface area contributed by atoms with Gasteiger partial charge in [-0.15, -0.1) is 0 Å². The third-order valence-electron chi connectivity index (χ3n) is 3.43. The van der Waals surface area contributed by atoms with Crippen LogP contribution in [-0.2, 0) is 12.8 Å². The van der Waals surface area contributed by atoms with Gasteiger partial charge in [0.25, 0.3) is 0 Å². The lowest BCUT2D eigenvalue weighted by Gasteiger charge is -2.11. The van der Waals surface area contributed by atoms with Crippen LogP contribution in [0.2, 0.25) is 0 Å². The van der Waals surface area contributed by atoms with E-state index in [4.69, 9.17) is 0 Å². The Hall–Kier alpha value is -1.22. The summed E-state index contributed by atoms with van der Waals surface area (Å²) in [5.41, 5.74) is 3.44. The number of hydrogen-bond donors (Lipinski definition) is 0. The van der Waals surface area contributed by atoms with Gasteiger partial charge in [0.05, 0.1) is 0 Å². The SMILES string of the molecule is Cc1ccccc1CCC(Br)Cc1ccc(F)c(F)c1. The van der Waals surface area contributed by atoms with Crippen LogP contribution < -0.4 is 0 Å². The smallest absolute Gasteiger partial charge is 0.159 e. The predicted octanol–water partition coefficient (Wildman–Crippen LogP) is 5.21. The van der Waals surface area contributed by atoms with Gasteiger partial charge in [-0.05, 0) is 55.0 Å². The van der Waals surface area contributed by atoms with E-state index in [-0.39, 0.29) is 4.83 Å². The second-order valence-corrected chi connectivity index (χ2v) is 6.31. The molecule has 0 radical (unpaired) electrons. The average molecular weight is 339 g/mol. The first-order valence-corrected chi connectivity index (χ1v) is 7.60. The maximum absolute atomic E-state index is 13.1. The number of benzene rings is 2. The van der Waals surface area contributed by atoms with Crippen molar-refractivity contribution < 1.29 is 8.78 Å². The maximum atomic E-state index is 13.1. The molecule has 1 unspecified atom stereocenters. The summed E-state index contributed by atoms with van der Waals surface area (Å²) in [5, 5.41) is 0. The molecule has 2 rings (SSSR count). The molecule has 0 bridgehead atoms. The van der Waals surface area contributed by atoms with E-state index in [1.165, 1.54) is 23.3 Å². The first kappa shape index (κ1) is 15.2. The molecule has 0 nitrogen and oxygen atoms in total. The summed E-state index contributed by atoms with van der Waals surface area (Å²) >= 11 is 3.62. The first-order valence-electron chi connectivity index (χ1n) is 6.69. The van der Waals surface area contributed by atoms with E-state index in [1.54, 1.807) is 6.07 Å². The zero-order valence-electron chi connectivity index (χ0n) is 11.4. The lowest BCUT2D eigenvalue weighted by atomic mass is 10.0. The predicted molar refractivity (Wildman–Crippen MR) is 82.3 cm³/mol. The van der Waals surface area contributed by atoms with Crippen molar-refractivity contribution in [2.24, 2.45) is 0 Å². The van der Waals surface area contributed by atoms with Gasteiger partial charge in [-0.2, -0.15) is 0 Å². The summed E-state index contributed by atoms with van der Waals surface area (Å²) in [6, 6.07) is 12.4. The summed E-state index contributed by atoms with van der Waals surface area (Å²) in [6.45, 7) is 2.11. The van der Waals surface area contributed by atoms with E-state index in [1.807, 2.05) is 12.1 Å². The Morgan fingerprint density at radius 2 is 1.80 bits per heavy atom. The molecular weight excluding hydrogens is 322 g/mol. The second kappa shape index (κ2) is 6.98. The second-order valence-electron chi connectivity index (χ2n) is 5.02. The van der Waals surface area contributed by atoms with Crippen LogP contribution in [0.5, 0.6) is 0 Å². The van der Waals surface area contributed by atoms with E-state index in [0.29, 0.717) is 6.42 Å². The largest absolute Gasteiger partial charge is 0.204 e. The van der Waals surface area contributed by atoms with Crippen molar-refractivity contribution in [3.63, 3.8) is 0 Å². The summed E-state index contributed by atoms with van der Waals surface area (Å²) in [5.74, 6) is -1.57. The fraction of sp³-hybridized carbons (Fsp3) is 0.294. The van der Waals surface area contributed by atoms with Crippen molar-refractivity contribution >= 4 is 15.9 Å². The summed E-state index contributed by atoms with van der Waals surface area (Å²) in [6.07, 6.45) is 2.64. The molecule has 0 saturated heterocycles. The summed E-state index contributed by atoms with van der Waals surface area (Å²) in [7, 11) is 0. The highest BCUT2D eigenvalue weighted by atomic mass is 79.9. The highest BCUT2D eigenvalue weighted by Gasteiger charge is 2.09. The Morgan fingerprint density at radius 3 is 2.50 bits per heavy atom. The maximum Gasteiger partial charge on any atom is 0.159 e. The minimum absolute atomic E-state index is 0.256. The number of halogens is 3. The lowest BCUT2D eigenvalue weighted by molar-refractivity contribution is 0.507. The normalized spacial score (nSPS) is 12.4. The van der Waals surface area contributed by atoms with Gasteiger partial charge in [0.15, 0.2) is 11.6 Å². The van der Waals surface area contributed by atoms with Crippen LogP contribution in [0.15, 0.2) is 42.5 Å². The fourth-order valence-electron chi connectivity index (χ4n) is 2.23. The third-order valence-corrected chi connectivity index (χ3v) is 4.21. The first-order chi connectivity index (χ1) is 9.56. The molecular formula is C17H17BrF2. The van der Waals surface area contributed by atoms with Gasteiger partial charge in [0.1, 0.15) is 0 Å². The molecule has 0 aliphatic heterocycles. The Balaban J connectivity index is 1.91. The minimum Gasteiger partial charge on any atom is -0.204 e. The molecule has 106 valence electrons. The molecule has 0 amide bonds. The Labute approximate surface area is 127 Å². The van der Waals surface area contributed by atoms with Crippen LogP contribution in [0.3, 0.4) is 0 Å². The Kier molecular flexibility index (Phi) is 5.30. The zero-order chi connectivity index (χ0) is 14.5. The van der Waals surface area contributed by atoms with Crippen LogP contribution in [0, 0.1) is 18.6 Å². The third kappa shape index (κ3) is 4.14. The van der Waals surface area contributed by atoms with Gasteiger partial charge < -0.3 is 0 Å². The van der Waals surface area contributed by atoms with Crippen LogP contribution >= 0.6 is 15.9 Å². The molecule has 0 aliphatic rings. The zero-order valence-corrected chi connectivity index (χ0v) is 13.0. The van der Waals surface area contributed by atoms with Crippen molar-refractivity contribution in [1.82, 2.24) is 0 Å². The van der Waals surface area contributed by atoms with E-state index in [9.17, 15) is 8.78 Å². The van der Waals surface area contributed by atoms with E-state index in [2.05, 4.69) is 35.0 Å². The molecule has 0 aliphatic carbocycles. The Bertz CT molecular complexity index is 581. The number of alkyl halides is 1. The molecule has 1 atom stereocenters. The van der Waals surface area contributed by atoms with E-state index < -0.39 is 11.6 Å². The van der Waals surface area contributed by atoms with Gasteiger partial charge in [-0.1, -0.05) is 46.3 Å². The molecule has 0 fully saturated rings. The van der Waals surface area contributed by atoms with Crippen LogP contribution in [0.1, 0.15) is 23.1 Å². The van der Waals surface area contributed by atoms with Crippen molar-refractivity contribution in [3.05, 3.63) is 70.8 Å².